The van der Waals surface area contributed by atoms with E-state index in [1.54, 1.807) is 0 Å². The van der Waals surface area contributed by atoms with Crippen molar-refractivity contribution >= 4 is 0 Å². The van der Waals surface area contributed by atoms with Crippen LogP contribution in [0.4, 0.5) is 0 Å². The first-order valence-corrected chi connectivity index (χ1v) is 3.05. The summed E-state index contributed by atoms with van der Waals surface area (Å²) >= 11 is 0. The molecule has 0 aromatic carbocycles. The molecule has 0 heterocycles. The SMILES string of the molecule is CCCC[N]CC. The van der Waals surface area contributed by atoms with Gasteiger partial charge in [0.1, 0.15) is 0 Å². The van der Waals surface area contributed by atoms with Gasteiger partial charge in [0.05, 0.1) is 0 Å². The molecule has 0 amide bonds. The van der Waals surface area contributed by atoms with Crippen LogP contribution in [-0.2, 0) is 0 Å². The molecule has 1 radical (unpaired) electrons. The van der Waals surface area contributed by atoms with Crippen LogP contribution in [0.25, 0.3) is 0 Å². The Morgan fingerprint density at radius 1 is 1.29 bits per heavy atom. The van der Waals surface area contributed by atoms with E-state index in [2.05, 4.69) is 19.2 Å². The average molecular weight is 100 g/mol. The summed E-state index contributed by atoms with van der Waals surface area (Å²) in [5, 5.41) is 4.16. The van der Waals surface area contributed by atoms with Gasteiger partial charge in [0.15, 0.2) is 0 Å². The monoisotopic (exact) mass is 100 g/mol. The number of nitrogens with zero attached hydrogens (tertiary/aromatic N) is 1. The maximum Gasteiger partial charge on any atom is 0.0133 e. The van der Waals surface area contributed by atoms with Crippen LogP contribution >= 0.6 is 0 Å². The Hall–Kier alpha value is -0.0400. The third-order valence-electron chi connectivity index (χ3n) is 0.893. The first kappa shape index (κ1) is 6.96. The molecule has 0 rings (SSSR count). The summed E-state index contributed by atoms with van der Waals surface area (Å²) in [6, 6.07) is 0. The molecule has 0 spiro atoms. The lowest BCUT2D eigenvalue weighted by Gasteiger charge is -1.92. The van der Waals surface area contributed by atoms with Crippen LogP contribution in [0.3, 0.4) is 0 Å². The van der Waals surface area contributed by atoms with Gasteiger partial charge in [-0.1, -0.05) is 20.3 Å². The van der Waals surface area contributed by atoms with Gasteiger partial charge >= 0.3 is 0 Å². The second kappa shape index (κ2) is 5.96. The Bertz CT molecular complexity index is 23.4. The molecule has 0 saturated carbocycles. The summed E-state index contributed by atoms with van der Waals surface area (Å²) in [4.78, 5) is 0. The molecule has 1 heteroatoms. The summed E-state index contributed by atoms with van der Waals surface area (Å²) in [6.07, 6.45) is 2.53. The van der Waals surface area contributed by atoms with Crippen molar-refractivity contribution in [2.75, 3.05) is 13.1 Å². The molecule has 1 nitrogen and oxygen atoms in total. The Balaban J connectivity index is 2.45. The molecule has 0 aromatic heterocycles. The predicted molar refractivity (Wildman–Crippen MR) is 32.4 cm³/mol. The van der Waals surface area contributed by atoms with Crippen molar-refractivity contribution in [2.24, 2.45) is 0 Å². The van der Waals surface area contributed by atoms with Crippen molar-refractivity contribution < 1.29 is 0 Å². The topological polar surface area (TPSA) is 14.1 Å². The summed E-state index contributed by atoms with van der Waals surface area (Å²) in [7, 11) is 0. The van der Waals surface area contributed by atoms with Crippen LogP contribution in [0.1, 0.15) is 26.7 Å². The summed E-state index contributed by atoms with van der Waals surface area (Å²) in [6.45, 7) is 6.31. The van der Waals surface area contributed by atoms with E-state index in [4.69, 9.17) is 0 Å². The molecule has 0 unspecified atom stereocenters. The Labute approximate surface area is 46.1 Å². The number of unbranched alkanes of at least 4 members (excludes halogenated alkanes) is 1. The summed E-state index contributed by atoms with van der Waals surface area (Å²) in [5.41, 5.74) is 0. The zero-order valence-corrected chi connectivity index (χ0v) is 5.28. The van der Waals surface area contributed by atoms with Gasteiger partial charge < -0.3 is 0 Å². The molecule has 0 aliphatic carbocycles. The van der Waals surface area contributed by atoms with Crippen molar-refractivity contribution in [1.82, 2.24) is 5.32 Å². The smallest absolute Gasteiger partial charge is 0.0133 e. The van der Waals surface area contributed by atoms with Crippen molar-refractivity contribution in [3.05, 3.63) is 0 Å². The van der Waals surface area contributed by atoms with Crippen molar-refractivity contribution in [3.8, 4) is 0 Å². The Morgan fingerprint density at radius 3 is 2.43 bits per heavy atom. The van der Waals surface area contributed by atoms with Crippen LogP contribution in [0, 0.1) is 0 Å². The second-order valence-electron chi connectivity index (χ2n) is 1.62. The molecule has 0 aliphatic rings. The number of hydrogen-bond donors (Lipinski definition) is 0. The highest BCUT2D eigenvalue weighted by Gasteiger charge is 1.79. The molecular weight excluding hydrogens is 86.1 g/mol. The average Bonchev–Trinajstić information content (AvgIpc) is 1.69. The second-order valence-corrected chi connectivity index (χ2v) is 1.62. The zero-order valence-electron chi connectivity index (χ0n) is 5.28. The Morgan fingerprint density at radius 2 is 2.00 bits per heavy atom. The van der Waals surface area contributed by atoms with E-state index in [1.165, 1.54) is 12.8 Å². The number of rotatable bonds is 4. The molecule has 0 aromatic rings. The minimum absolute atomic E-state index is 0.986. The van der Waals surface area contributed by atoms with E-state index >= 15 is 0 Å². The standard InChI is InChI=1S/C6H14N/c1-3-5-6-7-4-2/h3-6H2,1-2H3. The molecular formula is C6H14N. The van der Waals surface area contributed by atoms with Gasteiger partial charge in [0.25, 0.3) is 0 Å². The Kier molecular flexibility index (Phi) is 5.93. The zero-order chi connectivity index (χ0) is 5.54. The predicted octanol–water partition coefficient (Wildman–Crippen LogP) is 1.41. The maximum atomic E-state index is 4.16. The fourth-order valence-electron chi connectivity index (χ4n) is 0.428. The number of hydrogen-bond acceptors (Lipinski definition) is 0. The molecule has 0 saturated heterocycles. The van der Waals surface area contributed by atoms with Gasteiger partial charge in [0.2, 0.25) is 0 Å². The first-order valence-electron chi connectivity index (χ1n) is 3.05. The normalized spacial score (nSPS) is 9.43. The minimum Gasteiger partial charge on any atom is -0.242 e. The molecule has 0 bridgehead atoms. The lowest BCUT2D eigenvalue weighted by molar-refractivity contribution is 0.651. The van der Waals surface area contributed by atoms with E-state index in [9.17, 15) is 0 Å². The molecule has 0 fully saturated rings. The lowest BCUT2D eigenvalue weighted by Crippen LogP contribution is -2.04. The van der Waals surface area contributed by atoms with Gasteiger partial charge in [-0.2, -0.15) is 0 Å². The van der Waals surface area contributed by atoms with E-state index < -0.39 is 0 Å². The van der Waals surface area contributed by atoms with E-state index in [0.717, 1.165) is 13.1 Å². The minimum atomic E-state index is 0.986. The van der Waals surface area contributed by atoms with Gasteiger partial charge in [-0.25, -0.2) is 5.32 Å². The fourth-order valence-corrected chi connectivity index (χ4v) is 0.428. The molecule has 0 atom stereocenters. The van der Waals surface area contributed by atoms with Gasteiger partial charge in [-0.15, -0.1) is 0 Å². The first-order chi connectivity index (χ1) is 3.41. The quantitative estimate of drug-likeness (QED) is 0.474. The fraction of sp³-hybridized carbons (Fsp3) is 1.00. The molecule has 0 aliphatic heterocycles. The maximum absolute atomic E-state index is 4.16. The van der Waals surface area contributed by atoms with Crippen LogP contribution < -0.4 is 5.32 Å². The highest BCUT2D eigenvalue weighted by atomic mass is 14.8. The third-order valence-corrected chi connectivity index (χ3v) is 0.893. The highest BCUT2D eigenvalue weighted by Crippen LogP contribution is 1.81. The highest BCUT2D eigenvalue weighted by molar-refractivity contribution is 4.39. The lowest BCUT2D eigenvalue weighted by atomic mass is 10.3. The summed E-state index contributed by atoms with van der Waals surface area (Å²) < 4.78 is 0. The van der Waals surface area contributed by atoms with Crippen LogP contribution in [0.2, 0.25) is 0 Å². The van der Waals surface area contributed by atoms with Gasteiger partial charge in [-0.05, 0) is 6.42 Å². The molecule has 7 heavy (non-hydrogen) atoms. The van der Waals surface area contributed by atoms with Crippen LogP contribution in [0.5, 0.6) is 0 Å². The molecule has 43 valence electrons. The summed E-state index contributed by atoms with van der Waals surface area (Å²) in [5.74, 6) is 0. The van der Waals surface area contributed by atoms with Gasteiger partial charge in [-0.3, -0.25) is 0 Å². The van der Waals surface area contributed by atoms with Crippen molar-refractivity contribution in [3.63, 3.8) is 0 Å². The van der Waals surface area contributed by atoms with Crippen LogP contribution in [0.15, 0.2) is 0 Å². The third kappa shape index (κ3) is 5.96. The largest absolute Gasteiger partial charge is 0.242 e. The van der Waals surface area contributed by atoms with Gasteiger partial charge in [0, 0.05) is 13.1 Å². The molecule has 0 N–H and O–H groups in total. The van der Waals surface area contributed by atoms with Crippen molar-refractivity contribution in [1.29, 1.82) is 0 Å². The van der Waals surface area contributed by atoms with Crippen molar-refractivity contribution in [2.45, 2.75) is 26.7 Å². The van der Waals surface area contributed by atoms with E-state index in [-0.39, 0.29) is 0 Å². The van der Waals surface area contributed by atoms with Crippen LogP contribution in [-0.4, -0.2) is 13.1 Å². The van der Waals surface area contributed by atoms with E-state index in [1.807, 2.05) is 0 Å². The van der Waals surface area contributed by atoms with E-state index in [0.29, 0.717) is 0 Å².